The summed E-state index contributed by atoms with van der Waals surface area (Å²) in [6, 6.07) is 15.0. The van der Waals surface area contributed by atoms with E-state index in [2.05, 4.69) is 17.9 Å². The van der Waals surface area contributed by atoms with Crippen LogP contribution in [-0.2, 0) is 4.79 Å². The van der Waals surface area contributed by atoms with E-state index in [0.29, 0.717) is 18.7 Å². The first-order chi connectivity index (χ1) is 13.1. The van der Waals surface area contributed by atoms with Crippen molar-refractivity contribution in [3.05, 3.63) is 70.5 Å². The number of carbonyl (C=O) groups is 1. The normalized spacial score (nSPS) is 23.9. The van der Waals surface area contributed by atoms with E-state index in [4.69, 9.17) is 11.6 Å². The number of amides is 1. The molecule has 0 aromatic heterocycles. The molecule has 1 heterocycles. The molecule has 2 aliphatic rings. The maximum Gasteiger partial charge on any atom is 0.226 e. The molecule has 2 fully saturated rings. The van der Waals surface area contributed by atoms with Gasteiger partial charge >= 0.3 is 0 Å². The summed E-state index contributed by atoms with van der Waals surface area (Å²) in [7, 11) is 0. The van der Waals surface area contributed by atoms with Gasteiger partial charge in [-0.1, -0.05) is 48.0 Å². The van der Waals surface area contributed by atoms with Gasteiger partial charge in [0.15, 0.2) is 0 Å². The Morgan fingerprint density at radius 3 is 2.44 bits per heavy atom. The Bertz CT molecular complexity index is 835. The predicted molar refractivity (Wildman–Crippen MR) is 105 cm³/mol. The molecule has 1 saturated heterocycles. The van der Waals surface area contributed by atoms with E-state index in [-0.39, 0.29) is 29.6 Å². The highest BCUT2D eigenvalue weighted by molar-refractivity contribution is 6.31. The minimum absolute atomic E-state index is 0.0405. The second kappa shape index (κ2) is 7.61. The van der Waals surface area contributed by atoms with Crippen LogP contribution >= 0.6 is 11.6 Å². The molecule has 1 aliphatic carbocycles. The van der Waals surface area contributed by atoms with Gasteiger partial charge in [0.05, 0.1) is 0 Å². The van der Waals surface area contributed by atoms with Crippen molar-refractivity contribution in [3.63, 3.8) is 0 Å². The third kappa shape index (κ3) is 3.74. The van der Waals surface area contributed by atoms with Gasteiger partial charge in [-0.05, 0) is 42.5 Å². The van der Waals surface area contributed by atoms with Crippen LogP contribution in [0.5, 0.6) is 0 Å². The molecule has 3 nitrogen and oxygen atoms in total. The first-order valence-corrected chi connectivity index (χ1v) is 9.95. The molecule has 3 unspecified atom stereocenters. The lowest BCUT2D eigenvalue weighted by Crippen LogP contribution is -2.49. The lowest BCUT2D eigenvalue weighted by molar-refractivity contribution is -0.134. The van der Waals surface area contributed by atoms with Gasteiger partial charge in [0, 0.05) is 43.2 Å². The Morgan fingerprint density at radius 2 is 1.74 bits per heavy atom. The lowest BCUT2D eigenvalue weighted by Gasteiger charge is -2.38. The zero-order chi connectivity index (χ0) is 19.0. The largest absolute Gasteiger partial charge is 0.340 e. The molecule has 5 heteroatoms. The monoisotopic (exact) mass is 386 g/mol. The highest BCUT2D eigenvalue weighted by Gasteiger charge is 2.47. The van der Waals surface area contributed by atoms with E-state index >= 15 is 0 Å². The molecule has 2 aromatic rings. The fourth-order valence-corrected chi connectivity index (χ4v) is 4.46. The fraction of sp³-hybridized carbons (Fsp3) is 0.409. The average molecular weight is 387 g/mol. The number of halogens is 2. The molecular weight excluding hydrogens is 363 g/mol. The molecule has 1 amide bonds. The maximum absolute atomic E-state index is 14.0. The van der Waals surface area contributed by atoms with Crippen LogP contribution in [-0.4, -0.2) is 41.9 Å². The standard InChI is InChI=1S/C22H24ClFN2O/c1-15(16-6-2-4-8-20(16)23)25-10-12-26(13-11-25)22(27)19-14-18(19)17-7-3-5-9-21(17)24/h2-9,15,18-19H,10-14H2,1H3. The van der Waals surface area contributed by atoms with Crippen molar-refractivity contribution >= 4 is 17.5 Å². The van der Waals surface area contributed by atoms with E-state index in [0.717, 1.165) is 30.1 Å². The molecule has 2 aromatic carbocycles. The van der Waals surface area contributed by atoms with E-state index in [9.17, 15) is 9.18 Å². The SMILES string of the molecule is CC(c1ccccc1Cl)N1CCN(C(=O)C2CC2c2ccccc2F)CC1. The molecule has 0 bridgehead atoms. The number of rotatable bonds is 4. The smallest absolute Gasteiger partial charge is 0.226 e. The van der Waals surface area contributed by atoms with Crippen LogP contribution in [0.25, 0.3) is 0 Å². The Kier molecular flexibility index (Phi) is 5.20. The highest BCUT2D eigenvalue weighted by atomic mass is 35.5. The third-order valence-corrected chi connectivity index (χ3v) is 6.29. The predicted octanol–water partition coefficient (Wildman–Crippen LogP) is 4.49. The van der Waals surface area contributed by atoms with E-state index < -0.39 is 0 Å². The molecule has 1 aliphatic heterocycles. The number of carbonyl (C=O) groups excluding carboxylic acids is 1. The molecule has 3 atom stereocenters. The number of benzene rings is 2. The number of hydrogen-bond acceptors (Lipinski definition) is 2. The summed E-state index contributed by atoms with van der Waals surface area (Å²) in [5.74, 6) is -0.0438. The Balaban J connectivity index is 1.34. The molecule has 27 heavy (non-hydrogen) atoms. The van der Waals surface area contributed by atoms with Gasteiger partial charge in [-0.3, -0.25) is 9.69 Å². The van der Waals surface area contributed by atoms with Crippen molar-refractivity contribution < 1.29 is 9.18 Å². The minimum Gasteiger partial charge on any atom is -0.340 e. The van der Waals surface area contributed by atoms with Gasteiger partial charge < -0.3 is 4.90 Å². The number of nitrogens with zero attached hydrogens (tertiary/aromatic N) is 2. The zero-order valence-electron chi connectivity index (χ0n) is 15.4. The van der Waals surface area contributed by atoms with Gasteiger partial charge in [0.2, 0.25) is 5.91 Å². The molecule has 4 rings (SSSR count). The molecule has 0 N–H and O–H groups in total. The first-order valence-electron chi connectivity index (χ1n) is 9.58. The number of hydrogen-bond donors (Lipinski definition) is 0. The summed E-state index contributed by atoms with van der Waals surface area (Å²) in [5, 5.41) is 0.786. The number of piperazine rings is 1. The third-order valence-electron chi connectivity index (χ3n) is 5.94. The van der Waals surface area contributed by atoms with Crippen LogP contribution in [0, 0.1) is 11.7 Å². The summed E-state index contributed by atoms with van der Waals surface area (Å²) < 4.78 is 14.0. The van der Waals surface area contributed by atoms with Crippen LogP contribution in [0.15, 0.2) is 48.5 Å². The second-order valence-corrected chi connectivity index (χ2v) is 7.94. The summed E-state index contributed by atoms with van der Waals surface area (Å²) in [5.41, 5.74) is 1.81. The minimum atomic E-state index is -0.198. The van der Waals surface area contributed by atoms with E-state index in [1.165, 1.54) is 6.07 Å². The van der Waals surface area contributed by atoms with Gasteiger partial charge in [-0.2, -0.15) is 0 Å². The van der Waals surface area contributed by atoms with Crippen LogP contribution in [0.4, 0.5) is 4.39 Å². The Morgan fingerprint density at radius 1 is 1.07 bits per heavy atom. The topological polar surface area (TPSA) is 23.6 Å². The molecule has 1 saturated carbocycles. The van der Waals surface area contributed by atoms with E-state index in [1.807, 2.05) is 29.2 Å². The maximum atomic E-state index is 14.0. The van der Waals surface area contributed by atoms with Crippen molar-refractivity contribution in [2.75, 3.05) is 26.2 Å². The first kappa shape index (κ1) is 18.5. The molecule has 0 spiro atoms. The van der Waals surface area contributed by atoms with Gasteiger partial charge in [-0.15, -0.1) is 0 Å². The zero-order valence-corrected chi connectivity index (χ0v) is 16.2. The van der Waals surface area contributed by atoms with Crippen molar-refractivity contribution in [1.29, 1.82) is 0 Å². The quantitative estimate of drug-likeness (QED) is 0.773. The van der Waals surface area contributed by atoms with Crippen LogP contribution < -0.4 is 0 Å². The summed E-state index contributed by atoms with van der Waals surface area (Å²) in [6.45, 7) is 5.25. The average Bonchev–Trinajstić information content (AvgIpc) is 3.48. The Hall–Kier alpha value is -1.91. The lowest BCUT2D eigenvalue weighted by atomic mass is 10.1. The van der Waals surface area contributed by atoms with Gasteiger partial charge in [0.25, 0.3) is 0 Å². The van der Waals surface area contributed by atoms with Crippen LogP contribution in [0.2, 0.25) is 5.02 Å². The summed E-state index contributed by atoms with van der Waals surface area (Å²) >= 11 is 6.33. The summed E-state index contributed by atoms with van der Waals surface area (Å²) in [4.78, 5) is 17.1. The summed E-state index contributed by atoms with van der Waals surface area (Å²) in [6.07, 6.45) is 0.760. The van der Waals surface area contributed by atoms with Crippen molar-refractivity contribution in [2.45, 2.75) is 25.3 Å². The Labute approximate surface area is 164 Å². The molecular formula is C22H24ClFN2O. The molecule has 0 radical (unpaired) electrons. The van der Waals surface area contributed by atoms with Crippen molar-refractivity contribution in [1.82, 2.24) is 9.80 Å². The van der Waals surface area contributed by atoms with Gasteiger partial charge in [0.1, 0.15) is 5.82 Å². The van der Waals surface area contributed by atoms with Crippen molar-refractivity contribution in [3.8, 4) is 0 Å². The van der Waals surface area contributed by atoms with E-state index in [1.54, 1.807) is 12.1 Å². The molecule has 142 valence electrons. The highest BCUT2D eigenvalue weighted by Crippen LogP contribution is 2.49. The fourth-order valence-electron chi connectivity index (χ4n) is 4.16. The van der Waals surface area contributed by atoms with Crippen molar-refractivity contribution in [2.24, 2.45) is 5.92 Å². The second-order valence-electron chi connectivity index (χ2n) is 7.53. The van der Waals surface area contributed by atoms with Crippen LogP contribution in [0.1, 0.15) is 36.4 Å². The van der Waals surface area contributed by atoms with Gasteiger partial charge in [-0.25, -0.2) is 4.39 Å². The van der Waals surface area contributed by atoms with Crippen LogP contribution in [0.3, 0.4) is 0 Å².